The third-order valence-electron chi connectivity index (χ3n) is 6.57. The maximum atomic E-state index is 6.19. The van der Waals surface area contributed by atoms with E-state index in [1.165, 1.54) is 0 Å². The predicted octanol–water partition coefficient (Wildman–Crippen LogP) is 7.47. The van der Waals surface area contributed by atoms with Gasteiger partial charge in [-0.2, -0.15) is 0 Å². The van der Waals surface area contributed by atoms with Gasteiger partial charge in [-0.1, -0.05) is 51.0 Å². The minimum atomic E-state index is 0. The lowest BCUT2D eigenvalue weighted by atomic mass is 10.1. The Bertz CT molecular complexity index is 1500. The minimum absolute atomic E-state index is 0. The van der Waals surface area contributed by atoms with Crippen molar-refractivity contribution in [1.29, 1.82) is 0 Å². The van der Waals surface area contributed by atoms with E-state index in [2.05, 4.69) is 33.8 Å². The van der Waals surface area contributed by atoms with Crippen LogP contribution in [0, 0.1) is 0 Å². The number of nitrogens with zero attached hydrogens (tertiary/aromatic N) is 4. The van der Waals surface area contributed by atoms with Gasteiger partial charge in [0, 0.05) is 35.3 Å². The molecule has 0 aliphatic heterocycles. The van der Waals surface area contributed by atoms with Crippen LogP contribution in [0.25, 0.3) is 44.8 Å². The zero-order valence-electron chi connectivity index (χ0n) is 23.6. The molecular formula is C30H38Cl4N8. The van der Waals surface area contributed by atoms with Gasteiger partial charge in [0.05, 0.1) is 22.1 Å². The highest BCUT2D eigenvalue weighted by molar-refractivity contribution is 6.01. The molecule has 42 heavy (non-hydrogen) atoms. The number of halogens is 4. The molecule has 2 aromatic heterocycles. The number of rotatable bonds is 10. The molecular weight excluding hydrogens is 614 g/mol. The molecule has 0 bridgehead atoms. The number of H-pyrrole nitrogens is 2. The van der Waals surface area contributed by atoms with Crippen molar-refractivity contribution in [1.82, 2.24) is 19.9 Å². The van der Waals surface area contributed by atoms with Crippen LogP contribution in [-0.2, 0) is 0 Å². The Kier molecular flexibility index (Phi) is 14.8. The van der Waals surface area contributed by atoms with E-state index in [0.717, 1.165) is 94.7 Å². The molecule has 2 heterocycles. The molecule has 0 radical (unpaired) electrons. The summed E-state index contributed by atoms with van der Waals surface area (Å²) in [6, 6.07) is 20.1. The molecule has 0 fully saturated rings. The van der Waals surface area contributed by atoms with E-state index in [9.17, 15) is 0 Å². The fourth-order valence-corrected chi connectivity index (χ4v) is 4.30. The van der Waals surface area contributed by atoms with Crippen LogP contribution in [0.3, 0.4) is 0 Å². The summed E-state index contributed by atoms with van der Waals surface area (Å²) in [5.41, 5.74) is 19.8. The third kappa shape index (κ3) is 8.38. The highest BCUT2D eigenvalue weighted by Gasteiger charge is 2.11. The molecule has 0 aliphatic rings. The van der Waals surface area contributed by atoms with Crippen molar-refractivity contribution < 1.29 is 0 Å². The number of nitrogens with two attached hydrogens (primary N) is 2. The van der Waals surface area contributed by atoms with Gasteiger partial charge >= 0.3 is 0 Å². The first kappa shape index (κ1) is 36.7. The van der Waals surface area contributed by atoms with Crippen molar-refractivity contribution in [2.75, 3.05) is 13.1 Å². The van der Waals surface area contributed by atoms with Crippen molar-refractivity contribution in [3.8, 4) is 22.8 Å². The van der Waals surface area contributed by atoms with Gasteiger partial charge in [-0.05, 0) is 49.2 Å². The van der Waals surface area contributed by atoms with Crippen LogP contribution in [0.2, 0.25) is 0 Å². The molecule has 0 spiro atoms. The first-order chi connectivity index (χ1) is 18.6. The number of amidine groups is 2. The summed E-state index contributed by atoms with van der Waals surface area (Å²) in [4.78, 5) is 25.3. The number of benzene rings is 3. The van der Waals surface area contributed by atoms with Gasteiger partial charge in [0.1, 0.15) is 23.3 Å². The number of unbranched alkanes of at least 4 members (excludes halogenated alkanes) is 2. The minimum Gasteiger partial charge on any atom is -0.384 e. The summed E-state index contributed by atoms with van der Waals surface area (Å²) in [7, 11) is 0. The second-order valence-electron chi connectivity index (χ2n) is 9.45. The van der Waals surface area contributed by atoms with E-state index in [1.54, 1.807) is 0 Å². The van der Waals surface area contributed by atoms with Gasteiger partial charge in [0.15, 0.2) is 0 Å². The molecule has 8 nitrogen and oxygen atoms in total. The average molecular weight is 653 g/mol. The first-order valence-corrected chi connectivity index (χ1v) is 13.3. The molecule has 0 saturated heterocycles. The largest absolute Gasteiger partial charge is 0.384 e. The predicted molar refractivity (Wildman–Crippen MR) is 187 cm³/mol. The van der Waals surface area contributed by atoms with E-state index >= 15 is 0 Å². The van der Waals surface area contributed by atoms with Crippen LogP contribution >= 0.6 is 49.6 Å². The molecule has 5 rings (SSSR count). The number of aliphatic imine (C=N–C) groups is 2. The van der Waals surface area contributed by atoms with Gasteiger partial charge < -0.3 is 21.4 Å². The Balaban J connectivity index is 0.00000220. The lowest BCUT2D eigenvalue weighted by molar-refractivity contribution is 0.807. The summed E-state index contributed by atoms with van der Waals surface area (Å²) >= 11 is 0. The SMILES string of the molecule is CCCCN=C(N)c1ccc2nc(-c3ccc(-c4nc5ccc(C(N)=NCCCC)cc5[nH]4)cc3)[nH]c2c1.Cl.Cl.Cl.Cl. The number of hydrogen-bond donors (Lipinski definition) is 4. The number of aromatic amines is 2. The molecule has 0 amide bonds. The second-order valence-corrected chi connectivity index (χ2v) is 9.45. The Morgan fingerprint density at radius 2 is 1.00 bits per heavy atom. The highest BCUT2D eigenvalue weighted by atomic mass is 35.5. The van der Waals surface area contributed by atoms with Gasteiger partial charge in [0.2, 0.25) is 0 Å². The van der Waals surface area contributed by atoms with E-state index in [0.29, 0.717) is 11.7 Å². The number of imidazole rings is 2. The van der Waals surface area contributed by atoms with Gasteiger partial charge in [-0.25, -0.2) is 9.97 Å². The molecule has 0 unspecified atom stereocenters. The third-order valence-corrected chi connectivity index (χ3v) is 6.57. The van der Waals surface area contributed by atoms with Crippen LogP contribution in [0.15, 0.2) is 70.6 Å². The number of fused-ring (bicyclic) bond motifs is 2. The number of hydrogen-bond acceptors (Lipinski definition) is 4. The van der Waals surface area contributed by atoms with Crippen molar-refractivity contribution in [2.24, 2.45) is 21.5 Å². The van der Waals surface area contributed by atoms with Crippen LogP contribution in [0.5, 0.6) is 0 Å². The normalized spacial score (nSPS) is 11.4. The molecule has 6 N–H and O–H groups in total. The lowest BCUT2D eigenvalue weighted by Gasteiger charge is -2.01. The summed E-state index contributed by atoms with van der Waals surface area (Å²) in [5, 5.41) is 0. The first-order valence-electron chi connectivity index (χ1n) is 13.3. The number of nitrogens with one attached hydrogen (secondary N) is 2. The van der Waals surface area contributed by atoms with Crippen molar-refractivity contribution in [3.05, 3.63) is 71.8 Å². The highest BCUT2D eigenvalue weighted by Crippen LogP contribution is 2.26. The van der Waals surface area contributed by atoms with E-state index < -0.39 is 0 Å². The zero-order chi connectivity index (χ0) is 26.5. The quantitative estimate of drug-likeness (QED) is 0.0708. The van der Waals surface area contributed by atoms with Crippen molar-refractivity contribution in [2.45, 2.75) is 39.5 Å². The summed E-state index contributed by atoms with van der Waals surface area (Å²) in [6.07, 6.45) is 4.26. The van der Waals surface area contributed by atoms with Gasteiger partial charge in [-0.3, -0.25) is 9.98 Å². The van der Waals surface area contributed by atoms with Crippen LogP contribution < -0.4 is 11.5 Å². The fourth-order valence-electron chi connectivity index (χ4n) is 4.30. The smallest absolute Gasteiger partial charge is 0.138 e. The Hall–Kier alpha value is -3.30. The molecule has 0 saturated carbocycles. The second kappa shape index (κ2) is 17.0. The Labute approximate surface area is 270 Å². The van der Waals surface area contributed by atoms with E-state index in [4.69, 9.17) is 21.4 Å². The average Bonchev–Trinajstić information content (AvgIpc) is 3.57. The maximum absolute atomic E-state index is 6.19. The van der Waals surface area contributed by atoms with Crippen molar-refractivity contribution >= 4 is 83.4 Å². The zero-order valence-corrected chi connectivity index (χ0v) is 26.9. The molecule has 0 atom stereocenters. The van der Waals surface area contributed by atoms with Gasteiger partial charge in [-0.15, -0.1) is 49.6 Å². The summed E-state index contributed by atoms with van der Waals surface area (Å²) < 4.78 is 0. The monoisotopic (exact) mass is 650 g/mol. The Morgan fingerprint density at radius 1 is 0.619 bits per heavy atom. The van der Waals surface area contributed by atoms with Gasteiger partial charge in [0.25, 0.3) is 0 Å². The molecule has 5 aromatic rings. The van der Waals surface area contributed by atoms with Crippen LogP contribution in [0.4, 0.5) is 0 Å². The maximum Gasteiger partial charge on any atom is 0.138 e. The van der Waals surface area contributed by atoms with E-state index in [-0.39, 0.29) is 49.6 Å². The van der Waals surface area contributed by atoms with Crippen molar-refractivity contribution in [3.63, 3.8) is 0 Å². The summed E-state index contributed by atoms with van der Waals surface area (Å²) in [6.45, 7) is 5.78. The van der Waals surface area contributed by atoms with E-state index in [1.807, 2.05) is 60.7 Å². The molecule has 0 aliphatic carbocycles. The standard InChI is InChI=1S/C30H34N8.4ClH/c1-3-5-15-33-27(31)21-11-13-23-25(17-21)37-29(35-23)19-7-9-20(10-8-19)30-36-24-14-12-22(18-26(24)38-30)28(32)34-16-6-4-2;;;;/h7-14,17-18H,3-6,15-16H2,1-2H3,(H2,31,33)(H2,32,34)(H,35,37)(H,36,38);4*1H. The summed E-state index contributed by atoms with van der Waals surface area (Å²) in [5.74, 6) is 2.73. The molecule has 3 aromatic carbocycles. The fraction of sp³-hybridized carbons (Fsp3) is 0.267. The lowest BCUT2D eigenvalue weighted by Crippen LogP contribution is -2.13. The Morgan fingerprint density at radius 3 is 1.36 bits per heavy atom. The van der Waals surface area contributed by atoms with Crippen LogP contribution in [-0.4, -0.2) is 44.7 Å². The molecule has 12 heteroatoms. The topological polar surface area (TPSA) is 134 Å². The number of aromatic nitrogens is 4. The molecule has 226 valence electrons. The van der Waals surface area contributed by atoms with Crippen LogP contribution in [0.1, 0.15) is 50.7 Å².